The number of amides is 2. The zero-order chi connectivity index (χ0) is 15.3. The summed E-state index contributed by atoms with van der Waals surface area (Å²) in [5.74, 6) is 0.00752. The number of rotatable bonds is 5. The van der Waals surface area contributed by atoms with Crippen molar-refractivity contribution in [2.75, 3.05) is 10.6 Å². The summed E-state index contributed by atoms with van der Waals surface area (Å²) in [6.45, 7) is 7.38. The molecule has 4 N–H and O–H groups in total. The van der Waals surface area contributed by atoms with Crippen molar-refractivity contribution in [3.05, 3.63) is 23.8 Å². The van der Waals surface area contributed by atoms with Gasteiger partial charge in [-0.3, -0.25) is 9.59 Å². The molecule has 0 aliphatic carbocycles. The number of carbonyl (C=O) groups excluding carboxylic acids is 2. The first-order valence-corrected chi connectivity index (χ1v) is 6.74. The second-order valence-electron chi connectivity index (χ2n) is 5.44. The molecule has 0 radical (unpaired) electrons. The predicted octanol–water partition coefficient (Wildman–Crippen LogP) is 2.69. The summed E-state index contributed by atoms with van der Waals surface area (Å²) in [5.41, 5.74) is 8.08. The van der Waals surface area contributed by atoms with Crippen LogP contribution in [-0.4, -0.2) is 17.9 Å². The topological polar surface area (TPSA) is 84.2 Å². The van der Waals surface area contributed by atoms with E-state index in [2.05, 4.69) is 10.6 Å². The van der Waals surface area contributed by atoms with E-state index in [1.165, 1.54) is 6.92 Å². The first-order chi connectivity index (χ1) is 9.29. The molecular formula is C15H24ClN3O2. The maximum absolute atomic E-state index is 11.9. The monoisotopic (exact) mass is 313 g/mol. The van der Waals surface area contributed by atoms with Crippen molar-refractivity contribution < 1.29 is 9.59 Å². The molecule has 2 amide bonds. The van der Waals surface area contributed by atoms with Crippen LogP contribution in [0.15, 0.2) is 18.2 Å². The van der Waals surface area contributed by atoms with Crippen molar-refractivity contribution in [2.45, 2.75) is 40.2 Å². The van der Waals surface area contributed by atoms with Gasteiger partial charge in [-0.25, -0.2) is 0 Å². The Hall–Kier alpha value is -1.59. The fourth-order valence-corrected chi connectivity index (χ4v) is 1.87. The van der Waals surface area contributed by atoms with E-state index in [1.54, 1.807) is 12.1 Å². The molecule has 0 fully saturated rings. The number of benzene rings is 1. The lowest BCUT2D eigenvalue weighted by molar-refractivity contribution is -0.117. The molecule has 6 heteroatoms. The van der Waals surface area contributed by atoms with Crippen LogP contribution in [0.4, 0.5) is 11.4 Å². The largest absolute Gasteiger partial charge is 0.326 e. The highest BCUT2D eigenvalue weighted by molar-refractivity contribution is 5.96. The van der Waals surface area contributed by atoms with Crippen molar-refractivity contribution in [3.63, 3.8) is 0 Å². The first kappa shape index (κ1) is 19.4. The molecule has 0 saturated carbocycles. The zero-order valence-corrected chi connectivity index (χ0v) is 13.7. The van der Waals surface area contributed by atoms with E-state index in [-0.39, 0.29) is 24.2 Å². The maximum atomic E-state index is 11.9. The Labute approximate surface area is 132 Å². The quantitative estimate of drug-likeness (QED) is 0.781. The molecule has 0 aromatic heterocycles. The molecule has 0 heterocycles. The summed E-state index contributed by atoms with van der Waals surface area (Å²) in [6, 6.07) is 4.84. The number of nitrogens with one attached hydrogen (secondary N) is 2. The Balaban J connectivity index is 0.00000400. The minimum absolute atomic E-state index is 0. The van der Waals surface area contributed by atoms with Crippen LogP contribution < -0.4 is 16.4 Å². The van der Waals surface area contributed by atoms with E-state index in [0.29, 0.717) is 23.7 Å². The van der Waals surface area contributed by atoms with E-state index in [1.807, 2.05) is 26.8 Å². The van der Waals surface area contributed by atoms with Crippen LogP contribution in [0.5, 0.6) is 0 Å². The highest BCUT2D eigenvalue weighted by Crippen LogP contribution is 2.20. The minimum Gasteiger partial charge on any atom is -0.326 e. The molecule has 0 aliphatic heterocycles. The van der Waals surface area contributed by atoms with Gasteiger partial charge in [-0.2, -0.15) is 0 Å². The Kier molecular flexibility index (Phi) is 7.99. The van der Waals surface area contributed by atoms with Crippen LogP contribution in [0.25, 0.3) is 0 Å². The third-order valence-electron chi connectivity index (χ3n) is 2.88. The standard InChI is InChI=1S/C15H23N3O2.ClH/c1-9(2)7-13(16)15(20)18-12-6-5-10(3)14(8-12)17-11(4)19;/h5-6,8-9,13H,7,16H2,1-4H3,(H,17,19)(H,18,20);1H/t13-;/m0./s1. The Morgan fingerprint density at radius 1 is 1.24 bits per heavy atom. The van der Waals surface area contributed by atoms with Crippen LogP contribution in [0.3, 0.4) is 0 Å². The maximum Gasteiger partial charge on any atom is 0.241 e. The fraction of sp³-hybridized carbons (Fsp3) is 0.467. The second kappa shape index (κ2) is 8.64. The van der Waals surface area contributed by atoms with Gasteiger partial charge in [0.05, 0.1) is 6.04 Å². The van der Waals surface area contributed by atoms with E-state index < -0.39 is 6.04 Å². The molecule has 5 nitrogen and oxygen atoms in total. The van der Waals surface area contributed by atoms with Crippen molar-refractivity contribution in [2.24, 2.45) is 11.7 Å². The van der Waals surface area contributed by atoms with Crippen molar-refractivity contribution in [1.82, 2.24) is 0 Å². The summed E-state index contributed by atoms with van der Waals surface area (Å²) >= 11 is 0. The number of halogens is 1. The molecule has 0 saturated heterocycles. The van der Waals surface area contributed by atoms with Crippen LogP contribution in [-0.2, 0) is 9.59 Å². The molecule has 0 aliphatic rings. The summed E-state index contributed by atoms with van der Waals surface area (Å²) in [5, 5.41) is 5.50. The molecule has 118 valence electrons. The molecule has 0 unspecified atom stereocenters. The van der Waals surface area contributed by atoms with Crippen molar-refractivity contribution in [1.29, 1.82) is 0 Å². The molecule has 0 bridgehead atoms. The summed E-state index contributed by atoms with van der Waals surface area (Å²) in [4.78, 5) is 23.1. The Bertz CT molecular complexity index is 504. The van der Waals surface area contributed by atoms with E-state index >= 15 is 0 Å². The lowest BCUT2D eigenvalue weighted by Gasteiger charge is -2.15. The van der Waals surface area contributed by atoms with E-state index in [4.69, 9.17) is 5.73 Å². The Morgan fingerprint density at radius 2 is 1.86 bits per heavy atom. The first-order valence-electron chi connectivity index (χ1n) is 6.74. The number of hydrogen-bond acceptors (Lipinski definition) is 3. The summed E-state index contributed by atoms with van der Waals surface area (Å²) in [7, 11) is 0. The molecule has 21 heavy (non-hydrogen) atoms. The van der Waals surface area contributed by atoms with Gasteiger partial charge in [0, 0.05) is 18.3 Å². The van der Waals surface area contributed by atoms with Gasteiger partial charge in [-0.1, -0.05) is 19.9 Å². The van der Waals surface area contributed by atoms with Gasteiger partial charge >= 0.3 is 0 Å². The number of hydrogen-bond donors (Lipinski definition) is 3. The normalized spacial score (nSPS) is 11.5. The fourth-order valence-electron chi connectivity index (χ4n) is 1.87. The Morgan fingerprint density at radius 3 is 2.38 bits per heavy atom. The van der Waals surface area contributed by atoms with Gasteiger partial charge in [-0.05, 0) is 37.0 Å². The van der Waals surface area contributed by atoms with Gasteiger partial charge in [-0.15, -0.1) is 12.4 Å². The average Bonchev–Trinajstić information content (AvgIpc) is 2.31. The lowest BCUT2D eigenvalue weighted by atomic mass is 10.0. The lowest BCUT2D eigenvalue weighted by Crippen LogP contribution is -2.36. The highest BCUT2D eigenvalue weighted by atomic mass is 35.5. The zero-order valence-electron chi connectivity index (χ0n) is 12.9. The molecule has 1 aromatic carbocycles. The smallest absolute Gasteiger partial charge is 0.241 e. The van der Waals surface area contributed by atoms with Gasteiger partial charge in [0.15, 0.2) is 0 Å². The van der Waals surface area contributed by atoms with Crippen molar-refractivity contribution >= 4 is 35.6 Å². The molecule has 0 spiro atoms. The molecule has 1 atom stereocenters. The van der Waals surface area contributed by atoms with Crippen molar-refractivity contribution in [3.8, 4) is 0 Å². The van der Waals surface area contributed by atoms with Gasteiger partial charge in [0.2, 0.25) is 11.8 Å². The summed E-state index contributed by atoms with van der Waals surface area (Å²) in [6.07, 6.45) is 0.635. The van der Waals surface area contributed by atoms with Crippen LogP contribution >= 0.6 is 12.4 Å². The number of anilines is 2. The predicted molar refractivity (Wildman–Crippen MR) is 88.8 cm³/mol. The summed E-state index contributed by atoms with van der Waals surface area (Å²) < 4.78 is 0. The van der Waals surface area contributed by atoms with Gasteiger partial charge in [0.1, 0.15) is 0 Å². The average molecular weight is 314 g/mol. The number of nitrogens with two attached hydrogens (primary N) is 1. The SMILES string of the molecule is CC(=O)Nc1cc(NC(=O)[C@@H](N)CC(C)C)ccc1C.Cl. The van der Waals surface area contributed by atoms with E-state index in [0.717, 1.165) is 5.56 Å². The van der Waals surface area contributed by atoms with Crippen LogP contribution in [0, 0.1) is 12.8 Å². The van der Waals surface area contributed by atoms with Gasteiger partial charge in [0.25, 0.3) is 0 Å². The molecule has 1 aromatic rings. The van der Waals surface area contributed by atoms with E-state index in [9.17, 15) is 9.59 Å². The minimum atomic E-state index is -0.527. The van der Waals surface area contributed by atoms with Crippen LogP contribution in [0.1, 0.15) is 32.8 Å². The van der Waals surface area contributed by atoms with Crippen LogP contribution in [0.2, 0.25) is 0 Å². The third-order valence-corrected chi connectivity index (χ3v) is 2.88. The number of carbonyl (C=O) groups is 2. The molecule has 1 rings (SSSR count). The third kappa shape index (κ3) is 6.60. The van der Waals surface area contributed by atoms with Gasteiger partial charge < -0.3 is 16.4 Å². The second-order valence-corrected chi connectivity index (χ2v) is 5.44. The molecular weight excluding hydrogens is 290 g/mol. The number of aryl methyl sites for hydroxylation is 1. The highest BCUT2D eigenvalue weighted by Gasteiger charge is 2.15.